The predicted octanol–water partition coefficient (Wildman–Crippen LogP) is 4.48. The van der Waals surface area contributed by atoms with Crippen LogP contribution in [0.25, 0.3) is 0 Å². The van der Waals surface area contributed by atoms with Crippen molar-refractivity contribution < 1.29 is 0 Å². The lowest BCUT2D eigenvalue weighted by molar-refractivity contribution is 0.665. The number of para-hydroxylation sites is 1. The van der Waals surface area contributed by atoms with Crippen molar-refractivity contribution in [3.05, 3.63) is 52.2 Å². The van der Waals surface area contributed by atoms with Crippen LogP contribution in [0.2, 0.25) is 0 Å². The first-order valence-electron chi connectivity index (χ1n) is 6.27. The minimum Gasteiger partial charge on any atom is -0.366 e. The molecule has 2 unspecified atom stereocenters. The summed E-state index contributed by atoms with van der Waals surface area (Å²) in [6.45, 7) is 3.16. The molecule has 0 fully saturated rings. The molecule has 2 heterocycles. The molecule has 1 aliphatic rings. The van der Waals surface area contributed by atoms with Gasteiger partial charge in [0, 0.05) is 23.2 Å². The average molecular weight is 278 g/mol. The second kappa shape index (κ2) is 4.94. The third-order valence-electron chi connectivity index (χ3n) is 3.56. The van der Waals surface area contributed by atoms with Gasteiger partial charge in [0.05, 0.1) is 5.38 Å². The van der Waals surface area contributed by atoms with E-state index in [9.17, 15) is 0 Å². The predicted molar refractivity (Wildman–Crippen MR) is 79.9 cm³/mol. The van der Waals surface area contributed by atoms with Gasteiger partial charge >= 0.3 is 0 Å². The quantitative estimate of drug-likeness (QED) is 0.748. The summed E-state index contributed by atoms with van der Waals surface area (Å²) in [5.74, 6) is 0. The molecule has 1 aromatic carbocycles. The van der Waals surface area contributed by atoms with Crippen LogP contribution in [0.15, 0.2) is 41.8 Å². The van der Waals surface area contributed by atoms with Gasteiger partial charge in [0.15, 0.2) is 0 Å². The zero-order valence-electron chi connectivity index (χ0n) is 10.3. The molecule has 0 amide bonds. The Morgan fingerprint density at radius 3 is 2.94 bits per heavy atom. The van der Waals surface area contributed by atoms with Gasteiger partial charge in [0.1, 0.15) is 0 Å². The Morgan fingerprint density at radius 2 is 2.17 bits per heavy atom. The van der Waals surface area contributed by atoms with Gasteiger partial charge < -0.3 is 4.90 Å². The van der Waals surface area contributed by atoms with E-state index in [0.717, 1.165) is 13.0 Å². The number of benzene rings is 1. The van der Waals surface area contributed by atoms with Gasteiger partial charge in [-0.2, -0.15) is 0 Å². The fraction of sp³-hybridized carbons (Fsp3) is 0.333. The van der Waals surface area contributed by atoms with E-state index in [1.807, 2.05) is 0 Å². The van der Waals surface area contributed by atoms with E-state index in [2.05, 4.69) is 53.6 Å². The van der Waals surface area contributed by atoms with E-state index in [4.69, 9.17) is 11.6 Å². The molecule has 18 heavy (non-hydrogen) atoms. The highest BCUT2D eigenvalue weighted by atomic mass is 35.5. The molecule has 0 bridgehead atoms. The molecule has 1 nitrogen and oxygen atoms in total. The van der Waals surface area contributed by atoms with Gasteiger partial charge in [-0.25, -0.2) is 0 Å². The average Bonchev–Trinajstić information content (AvgIpc) is 2.98. The Balaban J connectivity index is 1.81. The van der Waals surface area contributed by atoms with E-state index in [1.54, 1.807) is 11.3 Å². The number of hydrogen-bond acceptors (Lipinski definition) is 2. The number of hydrogen-bond donors (Lipinski definition) is 0. The molecular formula is C15H16ClNS. The molecule has 0 aliphatic carbocycles. The second-order valence-corrected chi connectivity index (χ2v) is 6.32. The van der Waals surface area contributed by atoms with Crippen molar-refractivity contribution in [1.82, 2.24) is 0 Å². The molecular weight excluding hydrogens is 262 g/mol. The minimum absolute atomic E-state index is 0.0820. The van der Waals surface area contributed by atoms with Crippen molar-refractivity contribution in [2.45, 2.75) is 24.8 Å². The number of thiophene rings is 1. The maximum Gasteiger partial charge on any atom is 0.0853 e. The van der Waals surface area contributed by atoms with Crippen LogP contribution in [-0.4, -0.2) is 12.6 Å². The van der Waals surface area contributed by atoms with Crippen molar-refractivity contribution in [2.24, 2.45) is 0 Å². The molecule has 0 saturated heterocycles. The van der Waals surface area contributed by atoms with E-state index in [-0.39, 0.29) is 5.38 Å². The fourth-order valence-corrected chi connectivity index (χ4v) is 3.71. The van der Waals surface area contributed by atoms with Crippen LogP contribution >= 0.6 is 22.9 Å². The molecule has 3 heteroatoms. The van der Waals surface area contributed by atoms with Crippen LogP contribution < -0.4 is 4.90 Å². The maximum absolute atomic E-state index is 6.53. The summed E-state index contributed by atoms with van der Waals surface area (Å²) in [6, 6.07) is 13.4. The zero-order valence-corrected chi connectivity index (χ0v) is 11.9. The molecule has 1 aromatic heterocycles. The zero-order chi connectivity index (χ0) is 12.5. The first kappa shape index (κ1) is 12.1. The highest BCUT2D eigenvalue weighted by Gasteiger charge is 2.27. The fourth-order valence-electron chi connectivity index (χ4n) is 2.64. The summed E-state index contributed by atoms with van der Waals surface area (Å²) in [4.78, 5) is 3.69. The van der Waals surface area contributed by atoms with E-state index >= 15 is 0 Å². The van der Waals surface area contributed by atoms with Crippen LogP contribution in [-0.2, 0) is 6.42 Å². The van der Waals surface area contributed by atoms with E-state index in [1.165, 1.54) is 16.1 Å². The number of alkyl halides is 1. The van der Waals surface area contributed by atoms with Gasteiger partial charge in [-0.05, 0) is 36.4 Å². The smallest absolute Gasteiger partial charge is 0.0853 e. The molecule has 0 spiro atoms. The Bertz CT molecular complexity index is 523. The summed E-state index contributed by atoms with van der Waals surface area (Å²) >= 11 is 8.27. The summed E-state index contributed by atoms with van der Waals surface area (Å²) in [5, 5.41) is 2.17. The van der Waals surface area contributed by atoms with Gasteiger partial charge in [0.2, 0.25) is 0 Å². The second-order valence-electron chi connectivity index (χ2n) is 4.82. The highest BCUT2D eigenvalue weighted by Crippen LogP contribution is 2.35. The summed E-state index contributed by atoms with van der Waals surface area (Å²) in [6.07, 6.45) is 1.13. The minimum atomic E-state index is 0.0820. The molecule has 0 saturated carbocycles. The Kier molecular flexibility index (Phi) is 3.31. The van der Waals surface area contributed by atoms with Gasteiger partial charge in [-0.15, -0.1) is 22.9 Å². The number of halogens is 1. The number of fused-ring (bicyclic) bond motifs is 1. The van der Waals surface area contributed by atoms with Crippen LogP contribution in [0, 0.1) is 0 Å². The van der Waals surface area contributed by atoms with Crippen LogP contribution in [0.3, 0.4) is 0 Å². The molecule has 2 atom stereocenters. The van der Waals surface area contributed by atoms with E-state index < -0.39 is 0 Å². The summed E-state index contributed by atoms with van der Waals surface area (Å²) in [5.41, 5.74) is 2.80. The third kappa shape index (κ3) is 2.15. The van der Waals surface area contributed by atoms with Crippen molar-refractivity contribution in [2.75, 3.05) is 11.4 Å². The van der Waals surface area contributed by atoms with Gasteiger partial charge in [-0.1, -0.05) is 24.3 Å². The number of rotatable bonds is 3. The lowest BCUT2D eigenvalue weighted by Crippen LogP contribution is -2.32. The first-order chi connectivity index (χ1) is 8.75. The monoisotopic (exact) mass is 277 g/mol. The summed E-state index contributed by atoms with van der Waals surface area (Å²) < 4.78 is 0. The largest absolute Gasteiger partial charge is 0.366 e. The van der Waals surface area contributed by atoms with E-state index in [0.29, 0.717) is 6.04 Å². The number of nitrogens with zero attached hydrogens (tertiary/aromatic N) is 1. The molecule has 0 N–H and O–H groups in total. The van der Waals surface area contributed by atoms with Crippen molar-refractivity contribution in [3.63, 3.8) is 0 Å². The van der Waals surface area contributed by atoms with Crippen molar-refractivity contribution in [1.29, 1.82) is 0 Å². The Morgan fingerprint density at radius 1 is 1.33 bits per heavy atom. The van der Waals surface area contributed by atoms with Crippen LogP contribution in [0.5, 0.6) is 0 Å². The van der Waals surface area contributed by atoms with Crippen LogP contribution in [0.4, 0.5) is 5.69 Å². The Labute approximate surface area is 117 Å². The molecule has 2 aromatic rings. The lowest BCUT2D eigenvalue weighted by atomic mass is 10.1. The van der Waals surface area contributed by atoms with Crippen molar-refractivity contribution >= 4 is 28.6 Å². The SMILES string of the molecule is CC1Cc2ccccc2N1CC(Cl)c1cccs1. The maximum atomic E-state index is 6.53. The first-order valence-corrected chi connectivity index (χ1v) is 7.59. The Hall–Kier alpha value is -0.990. The molecule has 1 aliphatic heterocycles. The lowest BCUT2D eigenvalue weighted by Gasteiger charge is -2.27. The highest BCUT2D eigenvalue weighted by molar-refractivity contribution is 7.10. The van der Waals surface area contributed by atoms with Gasteiger partial charge in [0.25, 0.3) is 0 Å². The summed E-state index contributed by atoms with van der Waals surface area (Å²) in [7, 11) is 0. The third-order valence-corrected chi connectivity index (χ3v) is 5.05. The molecule has 3 rings (SSSR count). The normalized spacial score (nSPS) is 19.9. The topological polar surface area (TPSA) is 3.24 Å². The molecule has 0 radical (unpaired) electrons. The standard InChI is InChI=1S/C15H16ClNS/c1-11-9-12-5-2-3-6-14(12)17(11)10-13(16)15-7-4-8-18-15/h2-8,11,13H,9-10H2,1H3. The van der Waals surface area contributed by atoms with Crippen molar-refractivity contribution in [3.8, 4) is 0 Å². The van der Waals surface area contributed by atoms with Gasteiger partial charge in [-0.3, -0.25) is 0 Å². The van der Waals surface area contributed by atoms with Crippen LogP contribution in [0.1, 0.15) is 22.7 Å². The number of anilines is 1. The molecule has 94 valence electrons.